The molecule has 0 aliphatic rings. The van der Waals surface area contributed by atoms with Gasteiger partial charge in [0, 0.05) is 74.2 Å². The predicted molar refractivity (Wildman–Crippen MR) is 250 cm³/mol. The first-order chi connectivity index (χ1) is 30.6. The van der Waals surface area contributed by atoms with Crippen molar-refractivity contribution >= 4 is 51.4 Å². The maximum absolute atomic E-state index is 13.7. The molecule has 1 unspecified atom stereocenters. The Hall–Kier alpha value is -5.64. The van der Waals surface area contributed by atoms with Crippen molar-refractivity contribution < 1.29 is 37.1 Å². The smallest absolute Gasteiger partial charge is 0.333 e. The Morgan fingerprint density at radius 1 is 1.02 bits per heavy atom. The Bertz CT molecular complexity index is 2360. The van der Waals surface area contributed by atoms with Crippen LogP contribution in [0.5, 0.6) is 5.75 Å². The number of carbonyl (C=O) groups excluding carboxylic acids is 3. The zero-order valence-electron chi connectivity index (χ0n) is 39.1. The van der Waals surface area contributed by atoms with E-state index in [1.807, 2.05) is 32.9 Å². The molecule has 0 aliphatic heterocycles. The van der Waals surface area contributed by atoms with Crippen molar-refractivity contribution in [1.82, 2.24) is 29.5 Å². The zero-order valence-corrected chi connectivity index (χ0v) is 39.9. The van der Waals surface area contributed by atoms with Crippen molar-refractivity contribution in [1.29, 1.82) is 0 Å². The van der Waals surface area contributed by atoms with Gasteiger partial charge in [-0.1, -0.05) is 71.9 Å². The van der Waals surface area contributed by atoms with Gasteiger partial charge in [0.1, 0.15) is 18.6 Å². The number of aryl methyl sites for hydroxylation is 1. The Balaban J connectivity index is 0.000000514. The molecule has 0 aliphatic carbocycles. The molecule has 0 saturated carbocycles. The van der Waals surface area contributed by atoms with E-state index in [1.165, 1.54) is 24.7 Å². The quantitative estimate of drug-likeness (QED) is 0.0340. The molecule has 17 heteroatoms. The number of halogens is 5. The number of anilines is 1. The fraction of sp³-hybridized carbons (Fsp3) is 0.479. The number of hydrogen-bond donors (Lipinski definition) is 2. The summed E-state index contributed by atoms with van der Waals surface area (Å²) >= 11 is 6.22. The molecule has 0 spiro atoms. The van der Waals surface area contributed by atoms with Crippen LogP contribution in [0.4, 0.5) is 23.2 Å². The normalized spacial score (nSPS) is 12.7. The maximum Gasteiger partial charge on any atom is 0.333 e. The average Bonchev–Trinajstić information content (AvgIpc) is 3.68. The SMILES string of the molecule is C=C(C)N(CC(=O)Nc1ccc(C(C)(F)F)cc1Cl)/C(CC)=C(\C(=O)CC)N(CCC)CCC(C)CCC(=O)c1ncnc(C)c1O.CN=C(c1ccc2nn(C(F)F)cc2c1)C(C)C. The lowest BCUT2D eigenvalue weighted by molar-refractivity contribution is -0.118. The van der Waals surface area contributed by atoms with Crippen LogP contribution in [0.1, 0.15) is 128 Å². The van der Waals surface area contributed by atoms with Crippen LogP contribution in [-0.4, -0.2) is 84.5 Å². The van der Waals surface area contributed by atoms with Crippen LogP contribution in [0, 0.1) is 18.8 Å². The van der Waals surface area contributed by atoms with E-state index >= 15 is 0 Å². The summed E-state index contributed by atoms with van der Waals surface area (Å²) in [5, 5.41) is 17.4. The maximum atomic E-state index is 13.7. The number of allylic oxidation sites excluding steroid dienone is 3. The minimum Gasteiger partial charge on any atom is -0.504 e. The lowest BCUT2D eigenvalue weighted by Gasteiger charge is -2.34. The minimum atomic E-state index is -3.08. The fourth-order valence-corrected chi connectivity index (χ4v) is 7.40. The number of alkyl halides is 4. The number of aromatic nitrogens is 4. The zero-order chi connectivity index (χ0) is 48.8. The van der Waals surface area contributed by atoms with Gasteiger partial charge >= 0.3 is 6.55 Å². The molecule has 1 amide bonds. The van der Waals surface area contributed by atoms with Gasteiger partial charge in [0.15, 0.2) is 23.0 Å². The second kappa shape index (κ2) is 24.6. The summed E-state index contributed by atoms with van der Waals surface area (Å²) < 4.78 is 53.2. The Morgan fingerprint density at radius 2 is 1.71 bits per heavy atom. The van der Waals surface area contributed by atoms with E-state index in [9.17, 15) is 37.1 Å². The fourth-order valence-electron chi connectivity index (χ4n) is 7.17. The molecule has 12 nitrogen and oxygen atoms in total. The third-order valence-corrected chi connectivity index (χ3v) is 11.0. The first kappa shape index (κ1) is 53.7. The number of nitrogens with one attached hydrogen (secondary N) is 1. The van der Waals surface area contributed by atoms with E-state index in [1.54, 1.807) is 38.8 Å². The number of fused-ring (bicyclic) bond motifs is 1. The monoisotopic (exact) mass is 926 g/mol. The Morgan fingerprint density at radius 3 is 2.26 bits per heavy atom. The van der Waals surface area contributed by atoms with Crippen molar-refractivity contribution in [3.05, 3.63) is 100 Å². The van der Waals surface area contributed by atoms with Gasteiger partial charge in [-0.3, -0.25) is 19.4 Å². The van der Waals surface area contributed by atoms with Gasteiger partial charge in [-0.05, 0) is 81.2 Å². The van der Waals surface area contributed by atoms with E-state index < -0.39 is 18.4 Å². The highest BCUT2D eigenvalue weighted by atomic mass is 35.5. The summed E-state index contributed by atoms with van der Waals surface area (Å²) in [5.74, 6) is -3.64. The third kappa shape index (κ3) is 14.9. The molecule has 1 atom stereocenters. The van der Waals surface area contributed by atoms with E-state index in [0.717, 1.165) is 30.7 Å². The molecule has 65 heavy (non-hydrogen) atoms. The number of hydrogen-bond acceptors (Lipinski definition) is 10. The number of ketones is 2. The van der Waals surface area contributed by atoms with Crippen LogP contribution < -0.4 is 5.32 Å². The molecule has 4 rings (SSSR count). The number of amides is 1. The van der Waals surface area contributed by atoms with Crippen molar-refractivity contribution in [2.75, 3.05) is 32.0 Å². The first-order valence-electron chi connectivity index (χ1n) is 21.8. The molecule has 354 valence electrons. The van der Waals surface area contributed by atoms with Crippen LogP contribution in [0.25, 0.3) is 10.9 Å². The lowest BCUT2D eigenvalue weighted by Crippen LogP contribution is -2.37. The number of nitrogens with zero attached hydrogens (tertiary/aromatic N) is 7. The summed E-state index contributed by atoms with van der Waals surface area (Å²) in [7, 11) is 1.74. The molecule has 0 radical (unpaired) electrons. The highest BCUT2D eigenvalue weighted by Gasteiger charge is 2.28. The number of rotatable bonds is 22. The van der Waals surface area contributed by atoms with Gasteiger partial charge in [0.2, 0.25) is 5.91 Å². The molecule has 2 aromatic heterocycles. The number of Topliss-reactive ketones (excluding diaryl/α,β-unsaturated/α-hetero) is 2. The summed E-state index contributed by atoms with van der Waals surface area (Å²) in [5.41, 5.74) is 4.51. The van der Waals surface area contributed by atoms with Crippen molar-refractivity contribution in [2.45, 2.75) is 113 Å². The Kier molecular flexibility index (Phi) is 20.3. The number of aliphatic imine (C=N–C) groups is 1. The van der Waals surface area contributed by atoms with Gasteiger partial charge in [-0.25, -0.2) is 23.4 Å². The van der Waals surface area contributed by atoms with E-state index in [-0.39, 0.29) is 70.5 Å². The van der Waals surface area contributed by atoms with E-state index in [4.69, 9.17) is 11.6 Å². The molecule has 0 fully saturated rings. The summed E-state index contributed by atoms with van der Waals surface area (Å²) in [6.45, 7) is 18.5. The first-order valence-corrected chi connectivity index (χ1v) is 22.2. The number of aromatic hydroxyl groups is 1. The third-order valence-electron chi connectivity index (χ3n) is 10.7. The van der Waals surface area contributed by atoms with E-state index in [2.05, 4.69) is 50.7 Å². The number of carbonyl (C=O) groups is 3. The van der Waals surface area contributed by atoms with Crippen molar-refractivity contribution in [2.24, 2.45) is 16.8 Å². The molecule has 0 saturated heterocycles. The highest BCUT2D eigenvalue weighted by molar-refractivity contribution is 6.33. The minimum absolute atomic E-state index is 0.0127. The summed E-state index contributed by atoms with van der Waals surface area (Å²) in [6, 6.07) is 9.15. The van der Waals surface area contributed by atoms with Crippen molar-refractivity contribution in [3.63, 3.8) is 0 Å². The van der Waals surface area contributed by atoms with E-state index in [0.29, 0.717) is 70.7 Å². The molecule has 4 aromatic rings. The second-order valence-corrected chi connectivity index (χ2v) is 16.7. The molecule has 2 N–H and O–H groups in total. The van der Waals surface area contributed by atoms with Gasteiger partial charge < -0.3 is 20.2 Å². The van der Waals surface area contributed by atoms with Gasteiger partial charge in [0.05, 0.1) is 21.9 Å². The topological polar surface area (TPSA) is 146 Å². The van der Waals surface area contributed by atoms with Crippen molar-refractivity contribution in [3.8, 4) is 5.75 Å². The molecule has 0 bridgehead atoms. The molecular weight excluding hydrogens is 864 g/mol. The standard InChI is InChI=1S/C35H48ClF2N5O4.C13H15F2N3/c1-9-17-42(18-16-23(6)12-15-30(45)32-34(47)24(7)39-21-40-32)33(29(44)11-3)28(10-2)43(22(4)5)20-31(46)41-27-14-13-25(19-26(27)36)35(8,37)38;1-8(2)12(16-3)9-4-5-11-10(6-9)7-18(17-11)13(14)15/h13-14,19,21,23,47H,4,9-12,15-18,20H2,1-3,5-8H3,(H,41,46);4-8,13H,1-3H3/b33-28+;. The highest BCUT2D eigenvalue weighted by Crippen LogP contribution is 2.33. The van der Waals surface area contributed by atoms with Crippen LogP contribution in [-0.2, 0) is 15.5 Å². The van der Waals surface area contributed by atoms with Crippen LogP contribution in [0.2, 0.25) is 5.02 Å². The molecule has 2 aromatic carbocycles. The van der Waals surface area contributed by atoms with Crippen LogP contribution in [0.3, 0.4) is 0 Å². The van der Waals surface area contributed by atoms with Gasteiger partial charge in [0.25, 0.3) is 5.92 Å². The molecule has 2 heterocycles. The second-order valence-electron chi connectivity index (χ2n) is 16.3. The predicted octanol–water partition coefficient (Wildman–Crippen LogP) is 11.5. The average molecular weight is 928 g/mol. The summed E-state index contributed by atoms with van der Waals surface area (Å²) in [6.07, 6.45) is 5.56. The van der Waals surface area contributed by atoms with Crippen LogP contribution >= 0.6 is 11.6 Å². The van der Waals surface area contributed by atoms with Gasteiger partial charge in [-0.15, -0.1) is 0 Å². The Labute approximate surface area is 384 Å². The van der Waals surface area contributed by atoms with Crippen LogP contribution in [0.15, 0.2) is 77.6 Å². The summed E-state index contributed by atoms with van der Waals surface area (Å²) in [4.78, 5) is 55.4. The lowest BCUT2D eigenvalue weighted by atomic mass is 9.98. The largest absolute Gasteiger partial charge is 0.504 e. The van der Waals surface area contributed by atoms with Gasteiger partial charge in [-0.2, -0.15) is 13.9 Å². The number of benzene rings is 2. The molecular formula is C48H63ClF4N8O4.